The molecule has 0 saturated carbocycles. The van der Waals surface area contributed by atoms with Crippen molar-refractivity contribution in [3.63, 3.8) is 0 Å². The van der Waals surface area contributed by atoms with Gasteiger partial charge in [-0.15, -0.1) is 0 Å². The molecule has 0 bridgehead atoms. The average molecular weight is 484 g/mol. The van der Waals surface area contributed by atoms with E-state index < -0.39 is 23.5 Å². The van der Waals surface area contributed by atoms with Crippen LogP contribution in [0.15, 0.2) is 66.2 Å². The van der Waals surface area contributed by atoms with Crippen molar-refractivity contribution in [2.45, 2.75) is 13.0 Å². The molecule has 1 atom stereocenters. The molecule has 0 radical (unpaired) electrons. The zero-order valence-electron chi connectivity index (χ0n) is 17.7. The number of halogens is 2. The van der Waals surface area contributed by atoms with Gasteiger partial charge in [-0.2, -0.15) is 0 Å². The number of para-hydroxylation sites is 2. The van der Waals surface area contributed by atoms with Gasteiger partial charge in [-0.25, -0.2) is 0 Å². The van der Waals surface area contributed by atoms with Gasteiger partial charge in [0.1, 0.15) is 17.3 Å². The summed E-state index contributed by atoms with van der Waals surface area (Å²) in [6.45, 7) is 1.83. The Morgan fingerprint density at radius 1 is 1.03 bits per heavy atom. The lowest BCUT2D eigenvalue weighted by Gasteiger charge is -2.27. The van der Waals surface area contributed by atoms with E-state index in [0.717, 1.165) is 5.56 Å². The van der Waals surface area contributed by atoms with Crippen LogP contribution < -0.4 is 9.64 Å². The van der Waals surface area contributed by atoms with Crippen LogP contribution in [0.1, 0.15) is 22.7 Å². The maximum atomic E-state index is 13.3. The normalized spacial score (nSPS) is 17.5. The Morgan fingerprint density at radius 3 is 2.36 bits per heavy atom. The van der Waals surface area contributed by atoms with Gasteiger partial charge in [-0.05, 0) is 42.3 Å². The molecule has 33 heavy (non-hydrogen) atoms. The monoisotopic (exact) mass is 483 g/mol. The Bertz CT molecular complexity index is 1320. The Balaban J connectivity index is 2.05. The summed E-state index contributed by atoms with van der Waals surface area (Å²) in [5.74, 6) is -2.36. The van der Waals surface area contributed by atoms with E-state index in [9.17, 15) is 19.8 Å². The van der Waals surface area contributed by atoms with E-state index in [0.29, 0.717) is 5.56 Å². The molecule has 1 aliphatic heterocycles. The number of hydrogen-bond donors (Lipinski definition) is 2. The van der Waals surface area contributed by atoms with E-state index in [1.54, 1.807) is 24.3 Å². The minimum atomic E-state index is -1.01. The molecule has 1 aliphatic rings. The summed E-state index contributed by atoms with van der Waals surface area (Å²) in [5, 5.41) is 22.2. The summed E-state index contributed by atoms with van der Waals surface area (Å²) >= 11 is 12.4. The molecule has 2 N–H and O–H groups in total. The summed E-state index contributed by atoms with van der Waals surface area (Å²) in [7, 11) is 1.37. The van der Waals surface area contributed by atoms with E-state index in [-0.39, 0.29) is 38.4 Å². The molecule has 3 aromatic carbocycles. The number of aliphatic hydroxyl groups is 1. The number of ether oxygens (including phenoxy) is 1. The zero-order chi connectivity index (χ0) is 23.9. The maximum Gasteiger partial charge on any atom is 0.300 e. The SMILES string of the molecule is COc1c(Cl)cc(Cl)cc1/C(O)=C1\C(=O)C(=O)N(c2ccccc2O)C1c1ccccc1C. The molecule has 1 heterocycles. The number of aryl methyl sites for hydroxylation is 1. The third-order valence-electron chi connectivity index (χ3n) is 5.54. The number of amides is 1. The third-order valence-corrected chi connectivity index (χ3v) is 6.04. The molecular weight excluding hydrogens is 465 g/mol. The van der Waals surface area contributed by atoms with Crippen molar-refractivity contribution in [3.05, 3.63) is 93.0 Å². The van der Waals surface area contributed by atoms with Crippen molar-refractivity contribution in [3.8, 4) is 11.5 Å². The van der Waals surface area contributed by atoms with Crippen LogP contribution in [-0.2, 0) is 9.59 Å². The van der Waals surface area contributed by atoms with E-state index in [1.165, 1.54) is 36.3 Å². The fraction of sp³-hybridized carbons (Fsp3) is 0.120. The van der Waals surface area contributed by atoms with Crippen LogP contribution in [0.4, 0.5) is 5.69 Å². The highest BCUT2D eigenvalue weighted by Crippen LogP contribution is 2.47. The molecule has 0 aliphatic carbocycles. The minimum Gasteiger partial charge on any atom is -0.507 e. The number of nitrogens with zero attached hydrogens (tertiary/aromatic N) is 1. The number of carbonyl (C=O) groups is 2. The van der Waals surface area contributed by atoms with Gasteiger partial charge in [0.25, 0.3) is 11.7 Å². The van der Waals surface area contributed by atoms with E-state index in [4.69, 9.17) is 27.9 Å². The molecule has 0 spiro atoms. The number of benzene rings is 3. The fourth-order valence-electron chi connectivity index (χ4n) is 4.03. The van der Waals surface area contributed by atoms with E-state index >= 15 is 0 Å². The molecule has 3 aromatic rings. The smallest absolute Gasteiger partial charge is 0.300 e. The zero-order valence-corrected chi connectivity index (χ0v) is 19.2. The lowest BCUT2D eigenvalue weighted by molar-refractivity contribution is -0.132. The number of carbonyl (C=O) groups excluding carboxylic acids is 2. The molecule has 1 fully saturated rings. The molecule has 1 amide bonds. The summed E-state index contributed by atoms with van der Waals surface area (Å²) in [5.41, 5.74) is 1.43. The van der Waals surface area contributed by atoms with Crippen LogP contribution >= 0.6 is 23.2 Å². The largest absolute Gasteiger partial charge is 0.507 e. The van der Waals surface area contributed by atoms with Gasteiger partial charge < -0.3 is 14.9 Å². The first kappa shape index (κ1) is 22.7. The van der Waals surface area contributed by atoms with E-state index in [1.807, 2.05) is 19.1 Å². The quantitative estimate of drug-likeness (QED) is 0.284. The first-order valence-electron chi connectivity index (χ1n) is 9.94. The number of ketones is 1. The number of aliphatic hydroxyl groups excluding tert-OH is 1. The van der Waals surface area contributed by atoms with Crippen molar-refractivity contribution in [1.29, 1.82) is 0 Å². The molecule has 1 unspecified atom stereocenters. The van der Waals surface area contributed by atoms with Gasteiger partial charge in [0.05, 0.1) is 35.0 Å². The Morgan fingerprint density at radius 2 is 1.70 bits per heavy atom. The molecule has 0 aromatic heterocycles. The summed E-state index contributed by atoms with van der Waals surface area (Å²) in [4.78, 5) is 27.7. The Kier molecular flexibility index (Phi) is 6.06. The second-order valence-corrected chi connectivity index (χ2v) is 8.33. The highest BCUT2D eigenvalue weighted by atomic mass is 35.5. The van der Waals surface area contributed by atoms with Crippen LogP contribution in [0.2, 0.25) is 10.0 Å². The summed E-state index contributed by atoms with van der Waals surface area (Å²) < 4.78 is 5.33. The number of anilines is 1. The molecular formula is C25H19Cl2NO5. The maximum absolute atomic E-state index is 13.3. The lowest BCUT2D eigenvalue weighted by atomic mass is 9.92. The number of rotatable bonds is 4. The van der Waals surface area contributed by atoms with Crippen LogP contribution in [0, 0.1) is 6.92 Å². The van der Waals surface area contributed by atoms with Crippen LogP contribution in [0.3, 0.4) is 0 Å². The molecule has 8 heteroatoms. The van der Waals surface area contributed by atoms with Gasteiger partial charge >= 0.3 is 0 Å². The number of hydrogen-bond acceptors (Lipinski definition) is 5. The minimum absolute atomic E-state index is 0.0730. The van der Waals surface area contributed by atoms with Crippen LogP contribution in [0.25, 0.3) is 5.76 Å². The highest BCUT2D eigenvalue weighted by molar-refractivity contribution is 6.52. The van der Waals surface area contributed by atoms with Crippen LogP contribution in [-0.4, -0.2) is 29.0 Å². The first-order valence-corrected chi connectivity index (χ1v) is 10.7. The fourth-order valence-corrected chi connectivity index (χ4v) is 4.60. The van der Waals surface area contributed by atoms with Gasteiger partial charge in [-0.3, -0.25) is 14.5 Å². The number of Topliss-reactive ketones (excluding diaryl/α,β-unsaturated/α-hetero) is 1. The average Bonchev–Trinajstić information content (AvgIpc) is 3.04. The van der Waals surface area contributed by atoms with Crippen molar-refractivity contribution in [1.82, 2.24) is 0 Å². The number of phenolic OH excluding ortho intramolecular Hbond substituents is 1. The van der Waals surface area contributed by atoms with Gasteiger partial charge in [0.15, 0.2) is 0 Å². The molecule has 168 valence electrons. The predicted octanol–water partition coefficient (Wildman–Crippen LogP) is 5.64. The van der Waals surface area contributed by atoms with Crippen molar-refractivity contribution in [2.75, 3.05) is 12.0 Å². The lowest BCUT2D eigenvalue weighted by Crippen LogP contribution is -2.29. The highest BCUT2D eigenvalue weighted by Gasteiger charge is 2.48. The summed E-state index contributed by atoms with van der Waals surface area (Å²) in [6.07, 6.45) is 0. The number of methoxy groups -OCH3 is 1. The summed E-state index contributed by atoms with van der Waals surface area (Å²) in [6, 6.07) is 15.2. The predicted molar refractivity (Wildman–Crippen MR) is 127 cm³/mol. The van der Waals surface area contributed by atoms with E-state index in [2.05, 4.69) is 0 Å². The Labute approximate surface area is 200 Å². The van der Waals surface area contributed by atoms with Crippen LogP contribution in [0.5, 0.6) is 11.5 Å². The van der Waals surface area contributed by atoms with Crippen molar-refractivity contribution >= 4 is 46.3 Å². The Hall–Kier alpha value is -3.48. The molecule has 6 nitrogen and oxygen atoms in total. The standard InChI is InChI=1S/C25H19Cl2NO5/c1-13-7-3-4-8-15(13)21-20(22(30)16-11-14(26)12-17(27)24(16)33-2)23(31)25(32)28(21)18-9-5-6-10-19(18)29/h3-12,21,29-30H,1-2H3/b22-20+. The first-order chi connectivity index (χ1) is 15.8. The van der Waals surface area contributed by atoms with Crippen molar-refractivity contribution < 1.29 is 24.5 Å². The number of phenols is 1. The molecule has 4 rings (SSSR count). The van der Waals surface area contributed by atoms with Gasteiger partial charge in [-0.1, -0.05) is 59.6 Å². The molecule has 1 saturated heterocycles. The van der Waals surface area contributed by atoms with Crippen molar-refractivity contribution in [2.24, 2.45) is 0 Å². The number of aromatic hydroxyl groups is 1. The third kappa shape index (κ3) is 3.81. The second-order valence-electron chi connectivity index (χ2n) is 7.48. The second kappa shape index (κ2) is 8.81. The topological polar surface area (TPSA) is 87.1 Å². The van der Waals surface area contributed by atoms with Gasteiger partial charge in [0, 0.05) is 5.02 Å². The van der Waals surface area contributed by atoms with Gasteiger partial charge in [0.2, 0.25) is 0 Å².